The lowest BCUT2D eigenvalue weighted by Crippen LogP contribution is -2.35. The molecule has 2 aromatic rings. The molecule has 0 N–H and O–H groups in total. The number of anilines is 1. The number of amides is 2. The molecule has 4 heteroatoms. The zero-order valence-corrected chi connectivity index (χ0v) is 15.6. The molecule has 2 amide bonds. The monoisotopic (exact) mass is 362 g/mol. The second-order valence-electron chi connectivity index (χ2n) is 7.66. The molecule has 0 unspecified atom stereocenters. The summed E-state index contributed by atoms with van der Waals surface area (Å²) in [6.45, 7) is 2.51. The van der Waals surface area contributed by atoms with Gasteiger partial charge >= 0.3 is 0 Å². The number of hydrogen-bond donors (Lipinski definition) is 0. The number of rotatable bonds is 4. The van der Waals surface area contributed by atoms with Crippen LogP contribution in [0.25, 0.3) is 0 Å². The van der Waals surface area contributed by atoms with Crippen molar-refractivity contribution in [2.45, 2.75) is 32.1 Å². The average Bonchev–Trinajstić information content (AvgIpc) is 3.09. The van der Waals surface area contributed by atoms with E-state index >= 15 is 0 Å². The molecular weight excluding hydrogens is 336 g/mol. The summed E-state index contributed by atoms with van der Waals surface area (Å²) >= 11 is 0. The van der Waals surface area contributed by atoms with Gasteiger partial charge in [0.05, 0.1) is 0 Å². The molecular formula is C23H26N2O2. The van der Waals surface area contributed by atoms with Crippen molar-refractivity contribution in [2.75, 3.05) is 24.5 Å². The topological polar surface area (TPSA) is 40.6 Å². The first-order chi connectivity index (χ1) is 13.2. The van der Waals surface area contributed by atoms with E-state index in [1.165, 1.54) is 12.0 Å². The predicted octanol–water partition coefficient (Wildman–Crippen LogP) is 3.91. The lowest BCUT2D eigenvalue weighted by molar-refractivity contribution is -0.117. The molecule has 0 aliphatic carbocycles. The van der Waals surface area contributed by atoms with Crippen LogP contribution in [0.1, 0.15) is 41.6 Å². The molecule has 140 valence electrons. The highest BCUT2D eigenvalue weighted by Crippen LogP contribution is 2.27. The van der Waals surface area contributed by atoms with E-state index in [0.29, 0.717) is 12.3 Å². The molecule has 2 aliphatic heterocycles. The molecule has 0 bridgehead atoms. The van der Waals surface area contributed by atoms with Gasteiger partial charge < -0.3 is 9.80 Å². The Balaban J connectivity index is 1.37. The average molecular weight is 362 g/mol. The molecule has 0 radical (unpaired) electrons. The number of carbonyl (C=O) groups is 2. The SMILES string of the molecule is O=C(c1ccc(C[C@@H]2CC(=O)N(c3ccccc3)C2)cc1)N1CCCCC1. The Morgan fingerprint density at radius 3 is 2.33 bits per heavy atom. The van der Waals surface area contributed by atoms with E-state index in [0.717, 1.165) is 50.1 Å². The number of para-hydroxylation sites is 1. The van der Waals surface area contributed by atoms with Crippen LogP contribution < -0.4 is 4.90 Å². The third kappa shape index (κ3) is 4.05. The van der Waals surface area contributed by atoms with Crippen molar-refractivity contribution >= 4 is 17.5 Å². The van der Waals surface area contributed by atoms with Gasteiger partial charge in [0.2, 0.25) is 5.91 Å². The van der Waals surface area contributed by atoms with Crippen molar-refractivity contribution < 1.29 is 9.59 Å². The first kappa shape index (κ1) is 17.8. The zero-order chi connectivity index (χ0) is 18.6. The van der Waals surface area contributed by atoms with Gasteiger partial charge in [0.1, 0.15) is 0 Å². The lowest BCUT2D eigenvalue weighted by atomic mass is 9.97. The van der Waals surface area contributed by atoms with Gasteiger partial charge in [0.15, 0.2) is 0 Å². The number of likely N-dealkylation sites (tertiary alicyclic amines) is 1. The van der Waals surface area contributed by atoms with Crippen molar-refractivity contribution in [1.29, 1.82) is 0 Å². The number of benzene rings is 2. The molecule has 0 saturated carbocycles. The molecule has 0 spiro atoms. The molecule has 2 fully saturated rings. The Kier molecular flexibility index (Phi) is 5.23. The first-order valence-electron chi connectivity index (χ1n) is 9.94. The third-order valence-electron chi connectivity index (χ3n) is 5.64. The highest BCUT2D eigenvalue weighted by molar-refractivity contribution is 5.96. The molecule has 2 heterocycles. The number of nitrogens with zero attached hydrogens (tertiary/aromatic N) is 2. The van der Waals surface area contributed by atoms with E-state index in [1.807, 2.05) is 64.4 Å². The zero-order valence-electron chi connectivity index (χ0n) is 15.6. The molecule has 4 rings (SSSR count). The smallest absolute Gasteiger partial charge is 0.253 e. The highest BCUT2D eigenvalue weighted by atomic mass is 16.2. The van der Waals surface area contributed by atoms with Crippen molar-refractivity contribution in [3.8, 4) is 0 Å². The second kappa shape index (κ2) is 7.95. The Bertz CT molecular complexity index is 795. The Labute approximate surface area is 160 Å². The maximum Gasteiger partial charge on any atom is 0.253 e. The van der Waals surface area contributed by atoms with Gasteiger partial charge in [-0.25, -0.2) is 0 Å². The van der Waals surface area contributed by atoms with Gasteiger partial charge in [-0.15, -0.1) is 0 Å². The normalized spacial score (nSPS) is 20.1. The van der Waals surface area contributed by atoms with E-state index in [4.69, 9.17) is 0 Å². The van der Waals surface area contributed by atoms with E-state index in [-0.39, 0.29) is 11.8 Å². The van der Waals surface area contributed by atoms with Crippen LogP contribution in [0.4, 0.5) is 5.69 Å². The Hall–Kier alpha value is -2.62. The maximum absolute atomic E-state index is 12.6. The summed E-state index contributed by atoms with van der Waals surface area (Å²) in [5.74, 6) is 0.664. The number of piperidine rings is 1. The van der Waals surface area contributed by atoms with Crippen LogP contribution >= 0.6 is 0 Å². The van der Waals surface area contributed by atoms with Gasteiger partial charge in [-0.2, -0.15) is 0 Å². The quantitative estimate of drug-likeness (QED) is 0.827. The highest BCUT2D eigenvalue weighted by Gasteiger charge is 2.30. The fourth-order valence-electron chi connectivity index (χ4n) is 4.17. The molecule has 4 nitrogen and oxygen atoms in total. The van der Waals surface area contributed by atoms with Crippen LogP contribution in [0.15, 0.2) is 54.6 Å². The van der Waals surface area contributed by atoms with Crippen LogP contribution in [0.5, 0.6) is 0 Å². The summed E-state index contributed by atoms with van der Waals surface area (Å²) in [6.07, 6.45) is 4.90. The van der Waals surface area contributed by atoms with Gasteiger partial charge in [0.25, 0.3) is 5.91 Å². The van der Waals surface area contributed by atoms with E-state index in [2.05, 4.69) is 0 Å². The predicted molar refractivity (Wildman–Crippen MR) is 107 cm³/mol. The van der Waals surface area contributed by atoms with Crippen molar-refractivity contribution in [3.05, 3.63) is 65.7 Å². The van der Waals surface area contributed by atoms with Gasteiger partial charge in [-0.05, 0) is 61.4 Å². The van der Waals surface area contributed by atoms with Gasteiger partial charge in [-0.1, -0.05) is 30.3 Å². The van der Waals surface area contributed by atoms with Crippen molar-refractivity contribution in [1.82, 2.24) is 4.90 Å². The standard InChI is InChI=1S/C23H26N2O2/c26-22-16-19(17-25(22)21-7-3-1-4-8-21)15-18-9-11-20(12-10-18)23(27)24-13-5-2-6-14-24/h1,3-4,7-12,19H,2,5-6,13-17H2/t19-/m1/s1. The maximum atomic E-state index is 12.6. The van der Waals surface area contributed by atoms with E-state index in [9.17, 15) is 9.59 Å². The molecule has 27 heavy (non-hydrogen) atoms. The third-order valence-corrected chi connectivity index (χ3v) is 5.64. The van der Waals surface area contributed by atoms with Crippen LogP contribution in [0, 0.1) is 5.92 Å². The van der Waals surface area contributed by atoms with E-state index < -0.39 is 0 Å². The summed E-state index contributed by atoms with van der Waals surface area (Å²) in [6, 6.07) is 17.9. The van der Waals surface area contributed by atoms with Crippen LogP contribution in [0.2, 0.25) is 0 Å². The van der Waals surface area contributed by atoms with Crippen molar-refractivity contribution in [2.24, 2.45) is 5.92 Å². The number of hydrogen-bond acceptors (Lipinski definition) is 2. The fourth-order valence-corrected chi connectivity index (χ4v) is 4.17. The van der Waals surface area contributed by atoms with E-state index in [1.54, 1.807) is 0 Å². The summed E-state index contributed by atoms with van der Waals surface area (Å²) in [5, 5.41) is 0. The summed E-state index contributed by atoms with van der Waals surface area (Å²) < 4.78 is 0. The summed E-state index contributed by atoms with van der Waals surface area (Å²) in [5.41, 5.74) is 2.94. The molecule has 2 aliphatic rings. The Morgan fingerprint density at radius 1 is 0.926 bits per heavy atom. The van der Waals surface area contributed by atoms with Gasteiger partial charge in [-0.3, -0.25) is 9.59 Å². The Morgan fingerprint density at radius 2 is 1.63 bits per heavy atom. The number of carbonyl (C=O) groups excluding carboxylic acids is 2. The fraction of sp³-hybridized carbons (Fsp3) is 0.391. The minimum absolute atomic E-state index is 0.146. The summed E-state index contributed by atoms with van der Waals surface area (Å²) in [4.78, 5) is 28.8. The molecule has 0 aromatic heterocycles. The van der Waals surface area contributed by atoms with Crippen molar-refractivity contribution in [3.63, 3.8) is 0 Å². The van der Waals surface area contributed by atoms with Crippen LogP contribution in [-0.4, -0.2) is 36.3 Å². The molecule has 2 aromatic carbocycles. The van der Waals surface area contributed by atoms with Gasteiger partial charge in [0, 0.05) is 37.3 Å². The lowest BCUT2D eigenvalue weighted by Gasteiger charge is -2.26. The minimum Gasteiger partial charge on any atom is -0.339 e. The first-order valence-corrected chi connectivity index (χ1v) is 9.94. The second-order valence-corrected chi connectivity index (χ2v) is 7.66. The largest absolute Gasteiger partial charge is 0.339 e. The van der Waals surface area contributed by atoms with Crippen LogP contribution in [-0.2, 0) is 11.2 Å². The van der Waals surface area contributed by atoms with Crippen LogP contribution in [0.3, 0.4) is 0 Å². The minimum atomic E-state index is 0.146. The molecule has 2 saturated heterocycles. The summed E-state index contributed by atoms with van der Waals surface area (Å²) in [7, 11) is 0. The molecule has 1 atom stereocenters.